The number of nitro groups is 1. The van der Waals surface area contributed by atoms with Crippen LogP contribution in [0.5, 0.6) is 0 Å². The lowest BCUT2D eigenvalue weighted by molar-refractivity contribution is -0.384. The minimum atomic E-state index is -0.574. The van der Waals surface area contributed by atoms with Crippen LogP contribution in [0.15, 0.2) is 73.1 Å². The number of fused-ring (bicyclic) bond motifs is 1. The van der Waals surface area contributed by atoms with E-state index in [1.165, 1.54) is 12.1 Å². The Bertz CT molecular complexity index is 1200. The van der Waals surface area contributed by atoms with E-state index < -0.39 is 10.8 Å². The fourth-order valence-corrected chi connectivity index (χ4v) is 3.02. The van der Waals surface area contributed by atoms with E-state index in [1.807, 2.05) is 36.5 Å². The maximum Gasteiger partial charge on any atom is 0.270 e. The Morgan fingerprint density at radius 1 is 1.07 bits per heavy atom. The molecule has 0 aliphatic heterocycles. The van der Waals surface area contributed by atoms with E-state index in [0.29, 0.717) is 5.69 Å². The van der Waals surface area contributed by atoms with Gasteiger partial charge < -0.3 is 9.72 Å². The van der Waals surface area contributed by atoms with Gasteiger partial charge in [-0.25, -0.2) is 4.98 Å². The number of nitrogens with zero attached hydrogens (tertiary/aromatic N) is 3. The zero-order chi connectivity index (χ0) is 19.7. The first-order valence-corrected chi connectivity index (χ1v) is 8.68. The second-order valence-electron chi connectivity index (χ2n) is 6.05. The molecule has 2 aromatic carbocycles. The van der Waals surface area contributed by atoms with Crippen LogP contribution in [0.3, 0.4) is 0 Å². The predicted octanol–water partition coefficient (Wildman–Crippen LogP) is 4.82. The van der Waals surface area contributed by atoms with Crippen LogP contribution >= 0.6 is 11.6 Å². The summed E-state index contributed by atoms with van der Waals surface area (Å²) >= 11 is 6.03. The molecule has 0 saturated heterocycles. The smallest absolute Gasteiger partial charge is 0.270 e. The summed E-state index contributed by atoms with van der Waals surface area (Å²) in [5.41, 5.74) is 2.87. The van der Waals surface area contributed by atoms with E-state index in [0.717, 1.165) is 23.0 Å². The lowest BCUT2D eigenvalue weighted by atomic mass is 10.2. The molecule has 138 valence electrons. The Kier molecular flexibility index (Phi) is 4.50. The molecule has 0 unspecified atom stereocenters. The van der Waals surface area contributed by atoms with Crippen LogP contribution in [-0.4, -0.2) is 20.2 Å². The molecular weight excluding hydrogens is 380 g/mol. The first-order valence-electron chi connectivity index (χ1n) is 8.31. The van der Waals surface area contributed by atoms with Gasteiger partial charge in [0.05, 0.1) is 26.9 Å². The highest BCUT2D eigenvalue weighted by Gasteiger charge is 2.16. The van der Waals surface area contributed by atoms with Crippen molar-refractivity contribution in [3.05, 3.63) is 93.8 Å². The highest BCUT2D eigenvalue weighted by atomic mass is 35.5. The molecule has 2 heterocycles. The third-order valence-electron chi connectivity index (χ3n) is 4.18. The molecule has 28 heavy (non-hydrogen) atoms. The molecule has 8 heteroatoms. The predicted molar refractivity (Wildman–Crippen MR) is 107 cm³/mol. The van der Waals surface area contributed by atoms with E-state index >= 15 is 0 Å². The molecule has 0 fully saturated rings. The first kappa shape index (κ1) is 17.7. The van der Waals surface area contributed by atoms with Crippen molar-refractivity contribution >= 4 is 34.5 Å². The van der Waals surface area contributed by atoms with Gasteiger partial charge in [-0.2, -0.15) is 0 Å². The summed E-state index contributed by atoms with van der Waals surface area (Å²) in [4.78, 5) is 27.4. The summed E-state index contributed by atoms with van der Waals surface area (Å²) in [5.74, 6) is -0.531. The van der Waals surface area contributed by atoms with Gasteiger partial charge in [-0.05, 0) is 18.2 Å². The Balaban J connectivity index is 1.62. The lowest BCUT2D eigenvalue weighted by Crippen LogP contribution is -2.13. The van der Waals surface area contributed by atoms with Gasteiger partial charge in [0, 0.05) is 30.1 Å². The summed E-state index contributed by atoms with van der Waals surface area (Å²) in [7, 11) is 0. The number of halogens is 1. The van der Waals surface area contributed by atoms with Gasteiger partial charge in [0.2, 0.25) is 0 Å². The number of imidazole rings is 1. The van der Waals surface area contributed by atoms with Crippen LogP contribution in [-0.2, 0) is 0 Å². The zero-order valence-electron chi connectivity index (χ0n) is 14.4. The summed E-state index contributed by atoms with van der Waals surface area (Å²) in [6.45, 7) is 0. The number of carbonyl (C=O) groups excluding carboxylic acids is 1. The van der Waals surface area contributed by atoms with Crippen molar-refractivity contribution in [3.63, 3.8) is 0 Å². The van der Waals surface area contributed by atoms with Crippen LogP contribution in [0.4, 0.5) is 11.4 Å². The van der Waals surface area contributed by atoms with Crippen molar-refractivity contribution in [1.82, 2.24) is 9.38 Å². The van der Waals surface area contributed by atoms with Crippen molar-refractivity contribution in [1.29, 1.82) is 0 Å². The number of pyridine rings is 1. The third kappa shape index (κ3) is 3.43. The van der Waals surface area contributed by atoms with E-state index in [9.17, 15) is 14.9 Å². The SMILES string of the molecule is O=C(Nc1ccc2nc(-c3ccccc3)cn2c1)c1cc([N+](=O)[O-])ccc1Cl. The molecule has 1 amide bonds. The van der Waals surface area contributed by atoms with Gasteiger partial charge in [0.1, 0.15) is 5.65 Å². The molecule has 4 rings (SSSR count). The number of non-ortho nitro benzene ring substituents is 1. The second kappa shape index (κ2) is 7.13. The van der Waals surface area contributed by atoms with E-state index in [2.05, 4.69) is 10.3 Å². The minimum absolute atomic E-state index is 0.0339. The Hall–Kier alpha value is -3.71. The number of carbonyl (C=O) groups is 1. The number of hydrogen-bond donors (Lipinski definition) is 1. The van der Waals surface area contributed by atoms with Crippen LogP contribution in [0.25, 0.3) is 16.9 Å². The molecule has 0 spiro atoms. The van der Waals surface area contributed by atoms with Gasteiger partial charge in [-0.15, -0.1) is 0 Å². The normalized spacial score (nSPS) is 10.8. The molecule has 0 aliphatic carbocycles. The molecule has 0 saturated carbocycles. The highest BCUT2D eigenvalue weighted by molar-refractivity contribution is 6.34. The second-order valence-corrected chi connectivity index (χ2v) is 6.46. The van der Waals surface area contributed by atoms with E-state index in [-0.39, 0.29) is 16.3 Å². The maximum atomic E-state index is 12.5. The van der Waals surface area contributed by atoms with Crippen molar-refractivity contribution < 1.29 is 9.72 Å². The standard InChI is InChI=1S/C20H13ClN4O3/c21-17-8-7-15(25(27)28)10-16(17)20(26)22-14-6-9-19-23-18(12-24(19)11-14)13-4-2-1-3-5-13/h1-12H,(H,22,26). The number of nitrogens with one attached hydrogen (secondary N) is 1. The zero-order valence-corrected chi connectivity index (χ0v) is 15.1. The lowest BCUT2D eigenvalue weighted by Gasteiger charge is -2.07. The molecule has 0 radical (unpaired) electrons. The van der Waals surface area contributed by atoms with Crippen LogP contribution in [0.1, 0.15) is 10.4 Å². The van der Waals surface area contributed by atoms with Crippen LogP contribution < -0.4 is 5.32 Å². The van der Waals surface area contributed by atoms with E-state index in [4.69, 9.17) is 11.6 Å². The summed E-state index contributed by atoms with van der Waals surface area (Å²) in [6, 6.07) is 17.0. The molecule has 1 N–H and O–H groups in total. The maximum absolute atomic E-state index is 12.5. The van der Waals surface area contributed by atoms with Crippen molar-refractivity contribution in [2.24, 2.45) is 0 Å². The number of hydrogen-bond acceptors (Lipinski definition) is 4. The molecule has 0 bridgehead atoms. The Morgan fingerprint density at radius 3 is 2.61 bits per heavy atom. The van der Waals surface area contributed by atoms with Crippen molar-refractivity contribution in [2.45, 2.75) is 0 Å². The number of rotatable bonds is 4. The first-order chi connectivity index (χ1) is 13.5. The topological polar surface area (TPSA) is 89.5 Å². The third-order valence-corrected chi connectivity index (χ3v) is 4.51. The quantitative estimate of drug-likeness (QED) is 0.398. The van der Waals surface area contributed by atoms with Gasteiger partial charge >= 0.3 is 0 Å². The molecular formula is C20H13ClN4O3. The molecule has 0 atom stereocenters. The largest absolute Gasteiger partial charge is 0.321 e. The van der Waals surface area contributed by atoms with Crippen molar-refractivity contribution in [3.8, 4) is 11.3 Å². The Labute approximate surface area is 164 Å². The molecule has 7 nitrogen and oxygen atoms in total. The number of nitro benzene ring substituents is 1. The molecule has 0 aliphatic rings. The summed E-state index contributed by atoms with van der Waals surface area (Å²) in [5, 5.41) is 13.8. The van der Waals surface area contributed by atoms with Gasteiger partial charge in [0.25, 0.3) is 11.6 Å². The fraction of sp³-hybridized carbons (Fsp3) is 0. The number of anilines is 1. The average molecular weight is 393 g/mol. The highest BCUT2D eigenvalue weighted by Crippen LogP contribution is 2.24. The molecule has 2 aromatic heterocycles. The fourth-order valence-electron chi connectivity index (χ4n) is 2.81. The average Bonchev–Trinajstić information content (AvgIpc) is 3.12. The summed E-state index contributed by atoms with van der Waals surface area (Å²) < 4.78 is 1.80. The Morgan fingerprint density at radius 2 is 1.86 bits per heavy atom. The van der Waals surface area contributed by atoms with Gasteiger partial charge in [0.15, 0.2) is 0 Å². The molecule has 4 aromatic rings. The number of amides is 1. The van der Waals surface area contributed by atoms with Crippen LogP contribution in [0.2, 0.25) is 5.02 Å². The summed E-state index contributed by atoms with van der Waals surface area (Å²) in [6.07, 6.45) is 3.58. The van der Waals surface area contributed by atoms with Gasteiger partial charge in [-0.3, -0.25) is 14.9 Å². The van der Waals surface area contributed by atoms with E-state index in [1.54, 1.807) is 22.7 Å². The van der Waals surface area contributed by atoms with Gasteiger partial charge in [-0.1, -0.05) is 41.9 Å². The van der Waals surface area contributed by atoms with Crippen molar-refractivity contribution in [2.75, 3.05) is 5.32 Å². The monoisotopic (exact) mass is 392 g/mol. The number of aromatic nitrogens is 2. The number of benzene rings is 2. The van der Waals surface area contributed by atoms with Crippen LogP contribution in [0, 0.1) is 10.1 Å². The minimum Gasteiger partial charge on any atom is -0.321 e.